The molecule has 1 amide bonds. The van der Waals surface area contributed by atoms with Crippen LogP contribution in [-0.2, 0) is 4.79 Å². The molecule has 2 heteroatoms. The summed E-state index contributed by atoms with van der Waals surface area (Å²) in [7, 11) is 0. The summed E-state index contributed by atoms with van der Waals surface area (Å²) in [5, 5.41) is 0. The van der Waals surface area contributed by atoms with Gasteiger partial charge in [-0.1, -0.05) is 57.8 Å². The van der Waals surface area contributed by atoms with Gasteiger partial charge in [0.2, 0.25) is 5.91 Å². The number of carbonyl (C=O) groups excluding carboxylic acids is 1. The van der Waals surface area contributed by atoms with Crippen LogP contribution in [0, 0.1) is 5.92 Å². The molecular formula is C13H25NO. The van der Waals surface area contributed by atoms with E-state index >= 15 is 0 Å². The maximum Gasteiger partial charge on any atom is 0.220 e. The Morgan fingerprint density at radius 3 is 1.40 bits per heavy atom. The summed E-state index contributed by atoms with van der Waals surface area (Å²) in [5.41, 5.74) is 5.41. The van der Waals surface area contributed by atoms with Crippen molar-refractivity contribution >= 4 is 5.91 Å². The minimum atomic E-state index is -0.0768. The first-order chi connectivity index (χ1) is 7.30. The first kappa shape index (κ1) is 12.5. The van der Waals surface area contributed by atoms with E-state index in [4.69, 9.17) is 5.73 Å². The summed E-state index contributed by atoms with van der Waals surface area (Å²) in [5.74, 6) is 0.0801. The Morgan fingerprint density at radius 1 is 0.733 bits per heavy atom. The molecule has 0 bridgehead atoms. The standard InChI is InChI=1S/C13H25NO/c14-13(15)12-10-8-6-4-2-1-3-5-7-9-11-12/h12H,1-11H2,(H2,14,15). The molecule has 2 nitrogen and oxygen atoms in total. The van der Waals surface area contributed by atoms with E-state index < -0.39 is 0 Å². The van der Waals surface area contributed by atoms with Crippen LogP contribution >= 0.6 is 0 Å². The van der Waals surface area contributed by atoms with Gasteiger partial charge in [-0.2, -0.15) is 0 Å². The summed E-state index contributed by atoms with van der Waals surface area (Å²) in [6.07, 6.45) is 13.8. The normalized spacial score (nSPS) is 22.7. The second-order valence-electron chi connectivity index (χ2n) is 4.86. The second-order valence-corrected chi connectivity index (χ2v) is 4.86. The molecule has 0 aromatic carbocycles. The Labute approximate surface area is 93.6 Å². The molecule has 1 aliphatic carbocycles. The summed E-state index contributed by atoms with van der Waals surface area (Å²) in [4.78, 5) is 11.2. The molecule has 0 aromatic rings. The van der Waals surface area contributed by atoms with Crippen LogP contribution in [0.4, 0.5) is 0 Å². The fourth-order valence-electron chi connectivity index (χ4n) is 2.45. The van der Waals surface area contributed by atoms with E-state index in [9.17, 15) is 4.79 Å². The summed E-state index contributed by atoms with van der Waals surface area (Å²) >= 11 is 0. The molecule has 1 rings (SSSR count). The fraction of sp³-hybridized carbons (Fsp3) is 0.923. The first-order valence-electron chi connectivity index (χ1n) is 6.60. The van der Waals surface area contributed by atoms with Gasteiger partial charge < -0.3 is 5.73 Å². The van der Waals surface area contributed by atoms with Gasteiger partial charge in [0.1, 0.15) is 0 Å². The lowest BCUT2D eigenvalue weighted by molar-refractivity contribution is -0.122. The van der Waals surface area contributed by atoms with Crippen molar-refractivity contribution in [3.63, 3.8) is 0 Å². The monoisotopic (exact) mass is 211 g/mol. The minimum absolute atomic E-state index is 0.0768. The molecule has 0 aromatic heterocycles. The van der Waals surface area contributed by atoms with Crippen molar-refractivity contribution < 1.29 is 4.79 Å². The van der Waals surface area contributed by atoms with E-state index in [2.05, 4.69) is 0 Å². The van der Waals surface area contributed by atoms with Gasteiger partial charge in [-0.15, -0.1) is 0 Å². The molecule has 0 saturated heterocycles. The van der Waals surface area contributed by atoms with Crippen molar-refractivity contribution in [2.45, 2.75) is 70.6 Å². The highest BCUT2D eigenvalue weighted by atomic mass is 16.1. The van der Waals surface area contributed by atoms with Gasteiger partial charge in [0.05, 0.1) is 0 Å². The second kappa shape index (κ2) is 7.72. The smallest absolute Gasteiger partial charge is 0.220 e. The quantitative estimate of drug-likeness (QED) is 0.709. The van der Waals surface area contributed by atoms with Crippen molar-refractivity contribution in [1.82, 2.24) is 0 Å². The van der Waals surface area contributed by atoms with Crippen LogP contribution in [0.2, 0.25) is 0 Å². The van der Waals surface area contributed by atoms with Gasteiger partial charge >= 0.3 is 0 Å². The third-order valence-electron chi connectivity index (χ3n) is 3.51. The molecule has 0 unspecified atom stereocenters. The zero-order valence-electron chi connectivity index (χ0n) is 9.84. The van der Waals surface area contributed by atoms with Crippen LogP contribution in [-0.4, -0.2) is 5.91 Å². The number of primary amides is 1. The van der Waals surface area contributed by atoms with Crippen molar-refractivity contribution in [2.75, 3.05) is 0 Å². The maximum atomic E-state index is 11.2. The van der Waals surface area contributed by atoms with Crippen molar-refractivity contribution in [3.8, 4) is 0 Å². The highest BCUT2D eigenvalue weighted by Gasteiger charge is 2.14. The van der Waals surface area contributed by atoms with Gasteiger partial charge in [0.25, 0.3) is 0 Å². The summed E-state index contributed by atoms with van der Waals surface area (Å²) < 4.78 is 0. The van der Waals surface area contributed by atoms with Crippen molar-refractivity contribution in [3.05, 3.63) is 0 Å². The Morgan fingerprint density at radius 2 is 1.07 bits per heavy atom. The SMILES string of the molecule is NC(=O)C1CCCCCCCCCCC1. The lowest BCUT2D eigenvalue weighted by Gasteiger charge is -2.14. The number of hydrogen-bond donors (Lipinski definition) is 1. The average molecular weight is 211 g/mol. The Bertz CT molecular complexity index is 167. The predicted octanol–water partition coefficient (Wildman–Crippen LogP) is 3.39. The topological polar surface area (TPSA) is 43.1 Å². The molecule has 1 aliphatic rings. The molecule has 88 valence electrons. The van der Waals surface area contributed by atoms with Gasteiger partial charge in [-0.05, 0) is 12.8 Å². The first-order valence-corrected chi connectivity index (χ1v) is 6.60. The van der Waals surface area contributed by atoms with E-state index in [0.29, 0.717) is 0 Å². The molecule has 0 radical (unpaired) electrons. The highest BCUT2D eigenvalue weighted by molar-refractivity contribution is 5.76. The Balaban J connectivity index is 2.28. The van der Waals surface area contributed by atoms with E-state index in [-0.39, 0.29) is 11.8 Å². The van der Waals surface area contributed by atoms with Crippen LogP contribution in [0.3, 0.4) is 0 Å². The predicted molar refractivity (Wildman–Crippen MR) is 63.5 cm³/mol. The van der Waals surface area contributed by atoms with Crippen LogP contribution in [0.25, 0.3) is 0 Å². The summed E-state index contributed by atoms with van der Waals surface area (Å²) in [6.45, 7) is 0. The number of hydrogen-bond acceptors (Lipinski definition) is 1. The van der Waals surface area contributed by atoms with Crippen LogP contribution < -0.4 is 5.73 Å². The van der Waals surface area contributed by atoms with Crippen LogP contribution in [0.15, 0.2) is 0 Å². The maximum absolute atomic E-state index is 11.2. The Kier molecular flexibility index (Phi) is 6.45. The summed E-state index contributed by atoms with van der Waals surface area (Å²) in [6, 6.07) is 0. The number of amides is 1. The molecule has 0 heterocycles. The minimum Gasteiger partial charge on any atom is -0.369 e. The van der Waals surface area contributed by atoms with Crippen LogP contribution in [0.5, 0.6) is 0 Å². The van der Waals surface area contributed by atoms with E-state index in [1.165, 1.54) is 57.8 Å². The van der Waals surface area contributed by atoms with E-state index in [0.717, 1.165) is 12.8 Å². The molecule has 0 atom stereocenters. The number of rotatable bonds is 1. The lowest BCUT2D eigenvalue weighted by atomic mass is 9.92. The van der Waals surface area contributed by atoms with Crippen molar-refractivity contribution in [2.24, 2.45) is 11.7 Å². The third-order valence-corrected chi connectivity index (χ3v) is 3.51. The van der Waals surface area contributed by atoms with Gasteiger partial charge in [0, 0.05) is 5.92 Å². The molecule has 1 fully saturated rings. The largest absolute Gasteiger partial charge is 0.369 e. The molecule has 1 saturated carbocycles. The van der Waals surface area contributed by atoms with E-state index in [1.807, 2.05) is 0 Å². The molecule has 0 aliphatic heterocycles. The Hall–Kier alpha value is -0.530. The zero-order valence-corrected chi connectivity index (χ0v) is 9.84. The van der Waals surface area contributed by atoms with Gasteiger partial charge in [-0.3, -0.25) is 4.79 Å². The molecule has 15 heavy (non-hydrogen) atoms. The number of carbonyl (C=O) groups is 1. The average Bonchev–Trinajstić information content (AvgIpc) is 2.18. The zero-order chi connectivity index (χ0) is 10.9. The molecule has 0 spiro atoms. The van der Waals surface area contributed by atoms with Gasteiger partial charge in [-0.25, -0.2) is 0 Å². The molecule has 2 N–H and O–H groups in total. The molecular weight excluding hydrogens is 186 g/mol. The van der Waals surface area contributed by atoms with Crippen LogP contribution in [0.1, 0.15) is 70.6 Å². The van der Waals surface area contributed by atoms with E-state index in [1.54, 1.807) is 0 Å². The fourth-order valence-corrected chi connectivity index (χ4v) is 2.45. The highest BCUT2D eigenvalue weighted by Crippen LogP contribution is 2.20. The number of nitrogens with two attached hydrogens (primary N) is 1. The van der Waals surface area contributed by atoms with Gasteiger partial charge in [0.15, 0.2) is 0 Å². The van der Waals surface area contributed by atoms with Crippen molar-refractivity contribution in [1.29, 1.82) is 0 Å². The lowest BCUT2D eigenvalue weighted by Crippen LogP contribution is -2.23. The third kappa shape index (κ3) is 5.81.